The molecule has 4 rings (SSSR count). The van der Waals surface area contributed by atoms with Crippen LogP contribution in [-0.2, 0) is 0 Å². The Hall–Kier alpha value is -2.25. The predicted octanol–water partition coefficient (Wildman–Crippen LogP) is 2.07. The van der Waals surface area contributed by atoms with Gasteiger partial charge in [0.25, 0.3) is 5.91 Å². The van der Waals surface area contributed by atoms with Gasteiger partial charge in [0.15, 0.2) is 5.69 Å². The average molecular weight is 393 g/mol. The lowest BCUT2D eigenvalue weighted by Crippen LogP contribution is -2.45. The van der Waals surface area contributed by atoms with Crippen LogP contribution in [0.2, 0.25) is 0 Å². The van der Waals surface area contributed by atoms with Crippen LogP contribution in [0.15, 0.2) is 35.1 Å². The predicted molar refractivity (Wildman–Crippen MR) is 102 cm³/mol. The lowest BCUT2D eigenvalue weighted by molar-refractivity contribution is 0.0670. The van der Waals surface area contributed by atoms with Crippen LogP contribution >= 0.6 is 12.4 Å². The van der Waals surface area contributed by atoms with E-state index in [-0.39, 0.29) is 41.8 Å². The molecule has 6 nitrogen and oxygen atoms in total. The van der Waals surface area contributed by atoms with Gasteiger partial charge in [-0.3, -0.25) is 9.59 Å². The van der Waals surface area contributed by atoms with E-state index in [9.17, 15) is 14.0 Å². The molecule has 144 valence electrons. The molecule has 2 fully saturated rings. The first kappa shape index (κ1) is 19.5. The summed E-state index contributed by atoms with van der Waals surface area (Å²) in [5.74, 6) is -0.805. The largest absolute Gasteiger partial charge is 0.330 e. The van der Waals surface area contributed by atoms with E-state index in [2.05, 4.69) is 10.4 Å². The normalized spacial score (nSPS) is 21.5. The number of hydrogen-bond acceptors (Lipinski definition) is 4. The van der Waals surface area contributed by atoms with Gasteiger partial charge in [-0.2, -0.15) is 5.10 Å². The molecule has 1 aromatic heterocycles. The number of carbonyl (C=O) groups is 1. The van der Waals surface area contributed by atoms with E-state index in [0.717, 1.165) is 32.4 Å². The standard InChI is InChI=1S/C19H21FN4O2.ClH/c1-12-10-17(25)18(22-24(12)16-5-3-2-4-15(16)20)19(26)23-13-6-7-14(23)11-21-9-8-13;/h2-5,10,13-14,21H,6-9,11H2,1H3;1H. The van der Waals surface area contributed by atoms with Gasteiger partial charge >= 0.3 is 0 Å². The molecule has 1 N–H and O–H groups in total. The van der Waals surface area contributed by atoms with Crippen molar-refractivity contribution >= 4 is 18.3 Å². The van der Waals surface area contributed by atoms with Crippen molar-refractivity contribution in [3.05, 3.63) is 57.8 Å². The molecule has 0 spiro atoms. The highest BCUT2D eigenvalue weighted by Gasteiger charge is 2.39. The van der Waals surface area contributed by atoms with E-state index in [1.54, 1.807) is 25.1 Å². The molecule has 2 bridgehead atoms. The van der Waals surface area contributed by atoms with Gasteiger partial charge in [-0.1, -0.05) is 12.1 Å². The molecule has 2 aliphatic heterocycles. The second-order valence-electron chi connectivity index (χ2n) is 6.95. The lowest BCUT2D eigenvalue weighted by Gasteiger charge is -2.27. The highest BCUT2D eigenvalue weighted by atomic mass is 35.5. The van der Waals surface area contributed by atoms with Crippen molar-refractivity contribution in [3.8, 4) is 5.69 Å². The van der Waals surface area contributed by atoms with E-state index >= 15 is 0 Å². The molecule has 3 heterocycles. The van der Waals surface area contributed by atoms with Crippen molar-refractivity contribution in [3.63, 3.8) is 0 Å². The summed E-state index contributed by atoms with van der Waals surface area (Å²) in [7, 11) is 0. The number of aryl methyl sites for hydroxylation is 1. The number of carbonyl (C=O) groups excluding carboxylic acids is 1. The molecule has 0 saturated carbocycles. The lowest BCUT2D eigenvalue weighted by atomic mass is 10.1. The maximum absolute atomic E-state index is 14.2. The van der Waals surface area contributed by atoms with E-state index in [1.807, 2.05) is 4.90 Å². The number of para-hydroxylation sites is 1. The van der Waals surface area contributed by atoms with Crippen LogP contribution in [0.1, 0.15) is 35.4 Å². The fraction of sp³-hybridized carbons (Fsp3) is 0.421. The zero-order chi connectivity index (χ0) is 18.3. The third kappa shape index (κ3) is 3.49. The molecule has 8 heteroatoms. The van der Waals surface area contributed by atoms with E-state index in [4.69, 9.17) is 0 Å². The van der Waals surface area contributed by atoms with Gasteiger partial charge in [0.1, 0.15) is 11.5 Å². The summed E-state index contributed by atoms with van der Waals surface area (Å²) in [5, 5.41) is 7.59. The number of nitrogens with one attached hydrogen (secondary N) is 1. The number of halogens is 2. The average Bonchev–Trinajstić information content (AvgIpc) is 2.88. The van der Waals surface area contributed by atoms with Crippen molar-refractivity contribution in [1.82, 2.24) is 20.0 Å². The molecule has 1 amide bonds. The Kier molecular flexibility index (Phi) is 5.62. The zero-order valence-electron chi connectivity index (χ0n) is 15.0. The summed E-state index contributed by atoms with van der Waals surface area (Å²) in [6.45, 7) is 3.27. The zero-order valence-corrected chi connectivity index (χ0v) is 15.8. The Bertz CT molecular complexity index is 903. The number of nitrogens with zero attached hydrogens (tertiary/aromatic N) is 3. The Morgan fingerprint density at radius 1 is 1.22 bits per heavy atom. The Morgan fingerprint density at radius 2 is 1.96 bits per heavy atom. The third-order valence-electron chi connectivity index (χ3n) is 5.28. The summed E-state index contributed by atoms with van der Waals surface area (Å²) in [6.07, 6.45) is 2.75. The van der Waals surface area contributed by atoms with Crippen LogP contribution in [0.5, 0.6) is 0 Å². The first-order chi connectivity index (χ1) is 12.6. The highest BCUT2D eigenvalue weighted by molar-refractivity contribution is 5.92. The van der Waals surface area contributed by atoms with Crippen LogP contribution in [0.4, 0.5) is 4.39 Å². The fourth-order valence-electron chi connectivity index (χ4n) is 4.00. The van der Waals surface area contributed by atoms with Gasteiger partial charge in [0.2, 0.25) is 5.43 Å². The molecule has 27 heavy (non-hydrogen) atoms. The molecule has 2 unspecified atom stereocenters. The molecule has 2 aliphatic rings. The second kappa shape index (κ2) is 7.78. The molecule has 2 saturated heterocycles. The summed E-state index contributed by atoms with van der Waals surface area (Å²) in [4.78, 5) is 27.4. The van der Waals surface area contributed by atoms with Gasteiger partial charge in [0, 0.05) is 30.4 Å². The number of aromatic nitrogens is 2. The van der Waals surface area contributed by atoms with Gasteiger partial charge < -0.3 is 10.2 Å². The van der Waals surface area contributed by atoms with E-state index < -0.39 is 11.2 Å². The first-order valence-corrected chi connectivity index (χ1v) is 8.95. The summed E-state index contributed by atoms with van der Waals surface area (Å²) >= 11 is 0. The van der Waals surface area contributed by atoms with Crippen LogP contribution in [0.3, 0.4) is 0 Å². The molecule has 2 atom stereocenters. The Labute approximate surface area is 162 Å². The summed E-state index contributed by atoms with van der Waals surface area (Å²) < 4.78 is 15.5. The second-order valence-corrected chi connectivity index (χ2v) is 6.95. The highest BCUT2D eigenvalue weighted by Crippen LogP contribution is 2.29. The third-order valence-corrected chi connectivity index (χ3v) is 5.28. The van der Waals surface area contributed by atoms with Crippen molar-refractivity contribution in [2.24, 2.45) is 0 Å². The molecular formula is C19H22ClFN4O2. The van der Waals surface area contributed by atoms with Gasteiger partial charge in [0.05, 0.1) is 0 Å². The van der Waals surface area contributed by atoms with Gasteiger partial charge in [-0.25, -0.2) is 9.07 Å². The number of amides is 1. The van der Waals surface area contributed by atoms with Gasteiger partial charge in [-0.15, -0.1) is 12.4 Å². The SMILES string of the molecule is Cc1cc(=O)c(C(=O)N2C3CCNCC2CC3)nn1-c1ccccc1F.Cl. The Balaban J connectivity index is 0.00000210. The van der Waals surface area contributed by atoms with Crippen LogP contribution in [0.25, 0.3) is 5.69 Å². The topological polar surface area (TPSA) is 67.2 Å². The van der Waals surface area contributed by atoms with Crippen LogP contribution < -0.4 is 10.7 Å². The first-order valence-electron chi connectivity index (χ1n) is 8.95. The quantitative estimate of drug-likeness (QED) is 0.849. The van der Waals surface area contributed by atoms with Crippen molar-refractivity contribution in [2.45, 2.75) is 38.3 Å². The molecule has 0 aliphatic carbocycles. The fourth-order valence-corrected chi connectivity index (χ4v) is 4.00. The van der Waals surface area contributed by atoms with E-state index in [0.29, 0.717) is 5.69 Å². The number of benzene rings is 1. The van der Waals surface area contributed by atoms with E-state index in [1.165, 1.54) is 16.8 Å². The minimum Gasteiger partial charge on any atom is -0.330 e. The number of rotatable bonds is 2. The van der Waals surface area contributed by atoms with Crippen LogP contribution in [-0.4, -0.2) is 45.8 Å². The summed E-state index contributed by atoms with van der Waals surface area (Å²) in [6, 6.07) is 7.76. The number of fused-ring (bicyclic) bond motifs is 2. The molecule has 0 radical (unpaired) electrons. The van der Waals surface area contributed by atoms with Crippen molar-refractivity contribution in [1.29, 1.82) is 0 Å². The maximum Gasteiger partial charge on any atom is 0.278 e. The monoisotopic (exact) mass is 392 g/mol. The number of hydrogen-bond donors (Lipinski definition) is 1. The maximum atomic E-state index is 14.2. The molecule has 2 aromatic rings. The van der Waals surface area contributed by atoms with Crippen molar-refractivity contribution in [2.75, 3.05) is 13.1 Å². The molecule has 1 aromatic carbocycles. The molecular weight excluding hydrogens is 371 g/mol. The van der Waals surface area contributed by atoms with Gasteiger partial charge in [-0.05, 0) is 44.9 Å². The van der Waals surface area contributed by atoms with Crippen molar-refractivity contribution < 1.29 is 9.18 Å². The van der Waals surface area contributed by atoms with Crippen LogP contribution in [0, 0.1) is 12.7 Å². The minimum absolute atomic E-state index is 0. The smallest absolute Gasteiger partial charge is 0.278 e. The summed E-state index contributed by atoms with van der Waals surface area (Å²) in [5.41, 5.74) is 0.144. The Morgan fingerprint density at radius 3 is 2.74 bits per heavy atom. The minimum atomic E-state index is -0.454.